The maximum absolute atomic E-state index is 12.0. The number of hydrogen-bond donors (Lipinski definition) is 2. The summed E-state index contributed by atoms with van der Waals surface area (Å²) in [6.07, 6.45) is 0. The molecule has 1 heterocycles. The van der Waals surface area contributed by atoms with Crippen molar-refractivity contribution in [3.05, 3.63) is 63.6 Å². The van der Waals surface area contributed by atoms with Gasteiger partial charge >= 0.3 is 0 Å². The zero-order valence-electron chi connectivity index (χ0n) is 12.0. The van der Waals surface area contributed by atoms with E-state index >= 15 is 0 Å². The Kier molecular flexibility index (Phi) is 3.38. The average Bonchev–Trinajstić information content (AvgIpc) is 2.69. The van der Waals surface area contributed by atoms with Crippen LogP contribution >= 0.6 is 15.9 Å². The van der Waals surface area contributed by atoms with Gasteiger partial charge in [0.25, 0.3) is 0 Å². The van der Waals surface area contributed by atoms with Crippen molar-refractivity contribution >= 4 is 27.5 Å². The van der Waals surface area contributed by atoms with E-state index in [0.29, 0.717) is 0 Å². The van der Waals surface area contributed by atoms with Crippen LogP contribution < -0.4 is 11.1 Å². The summed E-state index contributed by atoms with van der Waals surface area (Å²) in [5.74, 6) is 0.0316. The Labute approximate surface area is 132 Å². The molecule has 2 aromatic carbocycles. The average molecular weight is 345 g/mol. The van der Waals surface area contributed by atoms with Crippen LogP contribution in [0.5, 0.6) is 0 Å². The Hall–Kier alpha value is -1.65. The molecule has 0 fully saturated rings. The molecule has 0 aliphatic carbocycles. The van der Waals surface area contributed by atoms with E-state index in [0.717, 1.165) is 26.9 Å². The van der Waals surface area contributed by atoms with E-state index in [9.17, 15) is 4.79 Å². The molecule has 0 bridgehead atoms. The number of hydrogen-bond acceptors (Lipinski definition) is 2. The molecule has 2 aromatic rings. The number of benzene rings is 2. The third kappa shape index (κ3) is 2.28. The van der Waals surface area contributed by atoms with Gasteiger partial charge in [-0.1, -0.05) is 46.3 Å². The third-order valence-corrected chi connectivity index (χ3v) is 4.85. The van der Waals surface area contributed by atoms with Crippen LogP contribution in [-0.2, 0) is 10.2 Å². The van der Waals surface area contributed by atoms with Gasteiger partial charge in [-0.15, -0.1) is 0 Å². The molecule has 0 saturated heterocycles. The van der Waals surface area contributed by atoms with Crippen molar-refractivity contribution in [1.29, 1.82) is 0 Å². The highest BCUT2D eigenvalue weighted by Crippen LogP contribution is 2.39. The fourth-order valence-electron chi connectivity index (χ4n) is 2.69. The first kappa shape index (κ1) is 14.3. The number of carbonyl (C=O) groups excluding carboxylic acids is 1. The number of anilines is 1. The fraction of sp³-hybridized carbons (Fsp3) is 0.235. The lowest BCUT2D eigenvalue weighted by Crippen LogP contribution is -2.27. The van der Waals surface area contributed by atoms with Gasteiger partial charge in [-0.2, -0.15) is 0 Å². The molecule has 0 spiro atoms. The highest BCUT2D eigenvalue weighted by atomic mass is 79.9. The molecular weight excluding hydrogens is 328 g/mol. The Morgan fingerprint density at radius 2 is 1.90 bits per heavy atom. The molecule has 1 aliphatic rings. The first-order valence-electron chi connectivity index (χ1n) is 6.87. The van der Waals surface area contributed by atoms with Gasteiger partial charge in [0.05, 0.1) is 11.5 Å². The second kappa shape index (κ2) is 4.97. The van der Waals surface area contributed by atoms with Gasteiger partial charge in [-0.05, 0) is 42.7 Å². The van der Waals surface area contributed by atoms with E-state index in [4.69, 9.17) is 5.73 Å². The van der Waals surface area contributed by atoms with Crippen molar-refractivity contribution in [3.63, 3.8) is 0 Å². The zero-order valence-corrected chi connectivity index (χ0v) is 13.6. The molecule has 4 heteroatoms. The summed E-state index contributed by atoms with van der Waals surface area (Å²) in [6.45, 7) is 3.86. The summed E-state index contributed by atoms with van der Waals surface area (Å²) in [5, 5.41) is 2.92. The van der Waals surface area contributed by atoms with Crippen LogP contribution in [0.15, 0.2) is 46.9 Å². The van der Waals surface area contributed by atoms with Gasteiger partial charge in [-0.3, -0.25) is 4.79 Å². The summed E-state index contributed by atoms with van der Waals surface area (Å²) in [4.78, 5) is 12.0. The summed E-state index contributed by atoms with van der Waals surface area (Å²) in [7, 11) is 0. The smallest absolute Gasteiger partial charge is 0.234 e. The van der Waals surface area contributed by atoms with Gasteiger partial charge < -0.3 is 11.1 Å². The summed E-state index contributed by atoms with van der Waals surface area (Å²) in [5.41, 5.74) is 9.81. The number of nitrogens with two attached hydrogens (primary N) is 1. The van der Waals surface area contributed by atoms with Crippen LogP contribution in [0.4, 0.5) is 5.69 Å². The molecule has 1 unspecified atom stereocenters. The van der Waals surface area contributed by atoms with E-state index in [1.165, 1.54) is 0 Å². The quantitative estimate of drug-likeness (QED) is 0.871. The standard InChI is InChI=1S/C17H17BrN2O/c1-17(2)12-9-10(7-8-14(12)20-16(17)21)15(19)11-5-3-4-6-13(11)18/h3-9,15H,19H2,1-2H3,(H,20,21). The van der Waals surface area contributed by atoms with Crippen LogP contribution in [0.2, 0.25) is 0 Å². The Balaban J connectivity index is 2.05. The normalized spacial score (nSPS) is 17.2. The summed E-state index contributed by atoms with van der Waals surface area (Å²) < 4.78 is 0.992. The lowest BCUT2D eigenvalue weighted by molar-refractivity contribution is -0.119. The first-order chi connectivity index (χ1) is 9.91. The van der Waals surface area contributed by atoms with Gasteiger partial charge in [0.15, 0.2) is 0 Å². The van der Waals surface area contributed by atoms with Crippen molar-refractivity contribution in [1.82, 2.24) is 0 Å². The Morgan fingerprint density at radius 1 is 1.19 bits per heavy atom. The van der Waals surface area contributed by atoms with E-state index in [2.05, 4.69) is 21.2 Å². The molecule has 3 N–H and O–H groups in total. The number of rotatable bonds is 2. The molecule has 0 radical (unpaired) electrons. The topological polar surface area (TPSA) is 55.1 Å². The second-order valence-electron chi connectivity index (χ2n) is 5.88. The number of fused-ring (bicyclic) bond motifs is 1. The maximum Gasteiger partial charge on any atom is 0.234 e. The monoisotopic (exact) mass is 344 g/mol. The van der Waals surface area contributed by atoms with Crippen LogP contribution in [0.3, 0.4) is 0 Å². The maximum atomic E-state index is 12.0. The van der Waals surface area contributed by atoms with Gasteiger partial charge in [0.1, 0.15) is 0 Å². The minimum atomic E-state index is -0.515. The molecule has 1 aliphatic heterocycles. The molecule has 1 amide bonds. The van der Waals surface area contributed by atoms with Crippen molar-refractivity contribution < 1.29 is 4.79 Å². The van der Waals surface area contributed by atoms with Crippen LogP contribution in [0.1, 0.15) is 36.6 Å². The molecule has 1 atom stereocenters. The SMILES string of the molecule is CC1(C)C(=O)Nc2ccc(C(N)c3ccccc3Br)cc21. The van der Waals surface area contributed by atoms with Crippen LogP contribution in [0.25, 0.3) is 0 Å². The van der Waals surface area contributed by atoms with E-state index in [1.807, 2.05) is 56.3 Å². The molecule has 3 rings (SSSR count). The zero-order chi connectivity index (χ0) is 15.2. The Morgan fingerprint density at radius 3 is 2.62 bits per heavy atom. The molecular formula is C17H17BrN2O. The van der Waals surface area contributed by atoms with Gasteiger partial charge in [-0.25, -0.2) is 0 Å². The van der Waals surface area contributed by atoms with Crippen molar-refractivity contribution in [2.45, 2.75) is 25.3 Å². The van der Waals surface area contributed by atoms with E-state index in [1.54, 1.807) is 0 Å². The molecule has 108 valence electrons. The third-order valence-electron chi connectivity index (χ3n) is 4.13. The van der Waals surface area contributed by atoms with Gasteiger partial charge in [0, 0.05) is 10.2 Å². The molecule has 3 nitrogen and oxygen atoms in total. The number of nitrogens with one attached hydrogen (secondary N) is 1. The summed E-state index contributed by atoms with van der Waals surface area (Å²) in [6, 6.07) is 13.7. The van der Waals surface area contributed by atoms with Crippen molar-refractivity contribution in [3.8, 4) is 0 Å². The molecule has 21 heavy (non-hydrogen) atoms. The van der Waals surface area contributed by atoms with Crippen LogP contribution in [-0.4, -0.2) is 5.91 Å². The predicted molar refractivity (Wildman–Crippen MR) is 88.3 cm³/mol. The predicted octanol–water partition coefficient (Wildman–Crippen LogP) is 3.73. The van der Waals surface area contributed by atoms with Crippen LogP contribution in [0, 0.1) is 0 Å². The molecule has 0 aromatic heterocycles. The minimum Gasteiger partial charge on any atom is -0.325 e. The first-order valence-corrected chi connectivity index (χ1v) is 7.66. The fourth-order valence-corrected chi connectivity index (χ4v) is 3.22. The minimum absolute atomic E-state index is 0.0316. The Bertz CT molecular complexity index is 724. The van der Waals surface area contributed by atoms with Gasteiger partial charge in [0.2, 0.25) is 5.91 Å². The second-order valence-corrected chi connectivity index (χ2v) is 6.74. The van der Waals surface area contributed by atoms with Crippen molar-refractivity contribution in [2.24, 2.45) is 5.73 Å². The van der Waals surface area contributed by atoms with E-state index < -0.39 is 5.41 Å². The number of amides is 1. The lowest BCUT2D eigenvalue weighted by Gasteiger charge is -2.19. The highest BCUT2D eigenvalue weighted by molar-refractivity contribution is 9.10. The lowest BCUT2D eigenvalue weighted by atomic mass is 9.84. The molecule has 0 saturated carbocycles. The summed E-state index contributed by atoms with van der Waals surface area (Å²) >= 11 is 3.54. The number of carbonyl (C=O) groups is 1. The highest BCUT2D eigenvalue weighted by Gasteiger charge is 2.38. The van der Waals surface area contributed by atoms with E-state index in [-0.39, 0.29) is 11.9 Å². The van der Waals surface area contributed by atoms with Crippen molar-refractivity contribution in [2.75, 3.05) is 5.32 Å². The largest absolute Gasteiger partial charge is 0.325 e. The number of halogens is 1.